The smallest absolute Gasteiger partial charge is 0.270 e. The fraction of sp³-hybridized carbons (Fsp3) is 0.423. The van der Waals surface area contributed by atoms with Gasteiger partial charge in [-0.1, -0.05) is 57.0 Å². The second kappa shape index (κ2) is 10.2. The Morgan fingerprint density at radius 1 is 1.12 bits per heavy atom. The lowest BCUT2D eigenvalue weighted by atomic mass is 9.92. The summed E-state index contributed by atoms with van der Waals surface area (Å²) in [6.07, 6.45) is 7.64. The van der Waals surface area contributed by atoms with Crippen LogP contribution in [-0.4, -0.2) is 29.5 Å². The first kappa shape index (κ1) is 23.6. The van der Waals surface area contributed by atoms with E-state index < -0.39 is 0 Å². The number of rotatable bonds is 5. The molecule has 8 heteroatoms. The molecule has 3 aromatic heterocycles. The summed E-state index contributed by atoms with van der Waals surface area (Å²) in [7, 11) is 0. The summed E-state index contributed by atoms with van der Waals surface area (Å²) in [6, 6.07) is 9.76. The van der Waals surface area contributed by atoms with Gasteiger partial charge in [-0.05, 0) is 38.2 Å². The molecule has 0 spiro atoms. The van der Waals surface area contributed by atoms with Gasteiger partial charge in [0.1, 0.15) is 12.1 Å². The van der Waals surface area contributed by atoms with Crippen LogP contribution in [0.25, 0.3) is 11.0 Å². The Labute approximate surface area is 199 Å². The van der Waals surface area contributed by atoms with Gasteiger partial charge in [0.25, 0.3) is 5.56 Å². The molecule has 178 valence electrons. The van der Waals surface area contributed by atoms with Crippen molar-refractivity contribution in [2.75, 3.05) is 5.73 Å². The van der Waals surface area contributed by atoms with Crippen molar-refractivity contribution in [3.05, 3.63) is 75.6 Å². The van der Waals surface area contributed by atoms with Crippen LogP contribution in [0.3, 0.4) is 0 Å². The monoisotopic (exact) mass is 459 g/mol. The van der Waals surface area contributed by atoms with Gasteiger partial charge in [-0.15, -0.1) is 0 Å². The quantitative estimate of drug-likeness (QED) is 0.467. The van der Waals surface area contributed by atoms with Gasteiger partial charge in [0.15, 0.2) is 5.65 Å². The Morgan fingerprint density at radius 3 is 2.53 bits per heavy atom. The van der Waals surface area contributed by atoms with Crippen LogP contribution in [0, 0.1) is 6.92 Å². The van der Waals surface area contributed by atoms with Gasteiger partial charge in [0.2, 0.25) is 0 Å². The maximum absolute atomic E-state index is 13.7. The van der Waals surface area contributed by atoms with Gasteiger partial charge in [-0.25, -0.2) is 19.3 Å². The molecule has 3 heterocycles. The molecular weight excluding hydrogens is 426 g/mol. The molecular formula is C26H33N7O. The molecule has 2 N–H and O–H groups in total. The molecule has 1 aliphatic carbocycles. The van der Waals surface area contributed by atoms with E-state index in [-0.39, 0.29) is 17.5 Å². The number of anilines is 1. The highest BCUT2D eigenvalue weighted by molar-refractivity contribution is 5.88. The minimum Gasteiger partial charge on any atom is -0.383 e. The molecule has 8 nitrogen and oxygen atoms in total. The van der Waals surface area contributed by atoms with E-state index >= 15 is 0 Å². The number of benzene rings is 1. The van der Waals surface area contributed by atoms with E-state index in [1.165, 1.54) is 6.33 Å². The third-order valence-corrected chi connectivity index (χ3v) is 6.56. The van der Waals surface area contributed by atoms with Crippen LogP contribution < -0.4 is 11.3 Å². The van der Waals surface area contributed by atoms with Gasteiger partial charge < -0.3 is 5.73 Å². The van der Waals surface area contributed by atoms with Gasteiger partial charge in [-0.3, -0.25) is 4.79 Å². The highest BCUT2D eigenvalue weighted by atomic mass is 16.1. The van der Waals surface area contributed by atoms with E-state index in [2.05, 4.69) is 15.1 Å². The topological polar surface area (TPSA) is 105 Å². The molecule has 5 rings (SSSR count). The molecule has 1 aliphatic rings. The average Bonchev–Trinajstić information content (AvgIpc) is 3.51. The highest BCUT2D eigenvalue weighted by Gasteiger charge is 2.28. The van der Waals surface area contributed by atoms with Gasteiger partial charge in [0, 0.05) is 11.1 Å². The van der Waals surface area contributed by atoms with Crippen LogP contribution in [0.5, 0.6) is 0 Å². The number of aryl methyl sites for hydroxylation is 1. The summed E-state index contributed by atoms with van der Waals surface area (Å²) in [5, 5.41) is 10.0. The number of hydrogen-bond donors (Lipinski definition) is 1. The first-order valence-electron chi connectivity index (χ1n) is 12.1. The molecule has 1 atom stereocenters. The second-order valence-electron chi connectivity index (χ2n) is 8.61. The van der Waals surface area contributed by atoms with Crippen molar-refractivity contribution >= 4 is 16.9 Å². The fourth-order valence-corrected chi connectivity index (χ4v) is 4.91. The summed E-state index contributed by atoms with van der Waals surface area (Å²) in [4.78, 5) is 22.2. The molecule has 1 aromatic carbocycles. The Bertz CT molecular complexity index is 1320. The molecule has 0 amide bonds. The largest absolute Gasteiger partial charge is 0.383 e. The summed E-state index contributed by atoms with van der Waals surface area (Å²) in [6.45, 7) is 8.40. The van der Waals surface area contributed by atoms with Crippen LogP contribution in [0.2, 0.25) is 0 Å². The predicted molar refractivity (Wildman–Crippen MR) is 135 cm³/mol. The molecule has 0 saturated heterocycles. The van der Waals surface area contributed by atoms with Crippen LogP contribution in [0.15, 0.2) is 47.7 Å². The molecule has 1 fully saturated rings. The standard InChI is InChI=1S/C24H27N7O.C2H6/c1-15-20-22(25)26-14-27-23(20)31(29-15)16(2)19-12-28-30(13-17-8-4-3-5-9-17)24(32)21(19)18-10-6-7-11-18;1-2/h3-5,8-9,12,14,16,18H,6-7,10-11,13H2,1-2H3,(H2,25,26,27);1-2H3. The normalized spacial score (nSPS) is 14.7. The van der Waals surface area contributed by atoms with E-state index in [0.717, 1.165) is 53.5 Å². The first-order valence-corrected chi connectivity index (χ1v) is 12.1. The van der Waals surface area contributed by atoms with E-state index in [1.54, 1.807) is 4.68 Å². The second-order valence-corrected chi connectivity index (χ2v) is 8.61. The lowest BCUT2D eigenvalue weighted by Gasteiger charge is -2.21. The van der Waals surface area contributed by atoms with Gasteiger partial charge in [-0.2, -0.15) is 10.2 Å². The molecule has 4 aromatic rings. The Hall–Kier alpha value is -3.55. The van der Waals surface area contributed by atoms with Crippen molar-refractivity contribution in [3.63, 3.8) is 0 Å². The van der Waals surface area contributed by atoms with E-state index in [1.807, 2.05) is 68.9 Å². The summed E-state index contributed by atoms with van der Waals surface area (Å²) in [5.41, 5.74) is 10.4. The van der Waals surface area contributed by atoms with Crippen molar-refractivity contribution < 1.29 is 0 Å². The van der Waals surface area contributed by atoms with E-state index in [9.17, 15) is 4.79 Å². The SMILES string of the molecule is CC.Cc1nn(C(C)c2cnn(Cc3ccccc3)c(=O)c2C2CCCC2)c2ncnc(N)c12. The van der Waals surface area contributed by atoms with Crippen molar-refractivity contribution in [3.8, 4) is 0 Å². The van der Waals surface area contributed by atoms with Crippen LogP contribution in [0.1, 0.15) is 80.8 Å². The van der Waals surface area contributed by atoms with E-state index in [4.69, 9.17) is 10.8 Å². The first-order chi connectivity index (χ1) is 16.5. The molecule has 34 heavy (non-hydrogen) atoms. The molecule has 0 radical (unpaired) electrons. The van der Waals surface area contributed by atoms with E-state index in [0.29, 0.717) is 18.0 Å². The lowest BCUT2D eigenvalue weighted by Crippen LogP contribution is -2.31. The van der Waals surface area contributed by atoms with Crippen molar-refractivity contribution in [2.24, 2.45) is 0 Å². The van der Waals surface area contributed by atoms with Gasteiger partial charge >= 0.3 is 0 Å². The lowest BCUT2D eigenvalue weighted by molar-refractivity contribution is 0.535. The average molecular weight is 460 g/mol. The number of nitrogens with zero attached hydrogens (tertiary/aromatic N) is 6. The summed E-state index contributed by atoms with van der Waals surface area (Å²) >= 11 is 0. The minimum atomic E-state index is -0.206. The zero-order valence-electron chi connectivity index (χ0n) is 20.4. The fourth-order valence-electron chi connectivity index (χ4n) is 4.91. The molecule has 1 unspecified atom stereocenters. The third-order valence-electron chi connectivity index (χ3n) is 6.56. The Kier molecular flexibility index (Phi) is 7.05. The Balaban J connectivity index is 0.00000133. The van der Waals surface area contributed by atoms with Crippen LogP contribution in [-0.2, 0) is 6.54 Å². The molecule has 1 saturated carbocycles. The molecule has 0 aliphatic heterocycles. The third kappa shape index (κ3) is 4.32. The minimum absolute atomic E-state index is 0.00701. The number of nitrogens with two attached hydrogens (primary N) is 1. The highest BCUT2D eigenvalue weighted by Crippen LogP contribution is 2.37. The predicted octanol–water partition coefficient (Wildman–Crippen LogP) is 4.62. The number of aromatic nitrogens is 6. The number of hydrogen-bond acceptors (Lipinski definition) is 6. The van der Waals surface area contributed by atoms with Gasteiger partial charge in [0.05, 0.1) is 29.9 Å². The zero-order valence-corrected chi connectivity index (χ0v) is 20.4. The van der Waals surface area contributed by atoms with Crippen LogP contribution in [0.4, 0.5) is 5.82 Å². The maximum atomic E-state index is 13.7. The van der Waals surface area contributed by atoms with Crippen LogP contribution >= 0.6 is 0 Å². The maximum Gasteiger partial charge on any atom is 0.270 e. The van der Waals surface area contributed by atoms with Crippen molar-refractivity contribution in [1.82, 2.24) is 29.5 Å². The number of nitrogen functional groups attached to an aromatic ring is 1. The summed E-state index contributed by atoms with van der Waals surface area (Å²) < 4.78 is 3.44. The zero-order chi connectivity index (χ0) is 24.2. The number of fused-ring (bicyclic) bond motifs is 1. The van der Waals surface area contributed by atoms with Crippen molar-refractivity contribution in [2.45, 2.75) is 71.9 Å². The Morgan fingerprint density at radius 2 is 1.82 bits per heavy atom. The van der Waals surface area contributed by atoms with Crippen molar-refractivity contribution in [1.29, 1.82) is 0 Å². The summed E-state index contributed by atoms with van der Waals surface area (Å²) in [5.74, 6) is 0.658. The molecule has 0 bridgehead atoms.